The number of nitrogens with zero attached hydrogens (tertiary/aromatic N) is 1. The molecule has 126 valence electrons. The second-order valence-electron chi connectivity index (χ2n) is 9.64. The second-order valence-corrected chi connectivity index (χ2v) is 9.64. The molecule has 3 rings (SSSR count). The van der Waals surface area contributed by atoms with Gasteiger partial charge in [0.1, 0.15) is 0 Å². The van der Waals surface area contributed by atoms with E-state index in [1.807, 2.05) is 5.57 Å². The van der Waals surface area contributed by atoms with Gasteiger partial charge in [0.15, 0.2) is 0 Å². The van der Waals surface area contributed by atoms with Crippen LogP contribution >= 0.6 is 0 Å². The van der Waals surface area contributed by atoms with Gasteiger partial charge in [-0.05, 0) is 44.1 Å². The molecule has 0 N–H and O–H groups in total. The van der Waals surface area contributed by atoms with E-state index in [0.29, 0.717) is 12.2 Å². The monoisotopic (exact) mass is 306 g/mol. The van der Waals surface area contributed by atoms with Crippen LogP contribution in [0.15, 0.2) is 11.1 Å². The SMILES string of the molecule is CC(C)(C[N+](C)(C)C)[C@@H]1O[C@@H]2CCCC[C@@H]2C2=C1CCCC2. The second kappa shape index (κ2) is 5.94. The van der Waals surface area contributed by atoms with E-state index in [0.717, 1.165) is 10.4 Å². The van der Waals surface area contributed by atoms with Gasteiger partial charge in [0.05, 0.1) is 39.9 Å². The largest absolute Gasteiger partial charge is 0.369 e. The third-order valence-corrected chi connectivity index (χ3v) is 5.92. The summed E-state index contributed by atoms with van der Waals surface area (Å²) in [7, 11) is 6.93. The Morgan fingerprint density at radius 3 is 2.27 bits per heavy atom. The summed E-state index contributed by atoms with van der Waals surface area (Å²) < 4.78 is 7.82. The standard InChI is InChI=1S/C20H36NO/c1-20(2,14-21(3,4)5)19-17-12-7-6-10-15(17)16-11-8-9-13-18(16)22-19/h16,18-19H,6-14H2,1-5H3/q+1/t16-,18-,19-/m1/s1. The van der Waals surface area contributed by atoms with Crippen molar-refractivity contribution < 1.29 is 9.22 Å². The van der Waals surface area contributed by atoms with E-state index >= 15 is 0 Å². The minimum Gasteiger partial charge on any atom is -0.369 e. The Morgan fingerprint density at radius 1 is 0.955 bits per heavy atom. The fraction of sp³-hybridized carbons (Fsp3) is 0.900. The molecule has 3 aliphatic rings. The molecular formula is C20H36NO+. The molecular weight excluding hydrogens is 270 g/mol. The van der Waals surface area contributed by atoms with Gasteiger partial charge in [-0.1, -0.05) is 32.3 Å². The van der Waals surface area contributed by atoms with E-state index in [-0.39, 0.29) is 5.41 Å². The van der Waals surface area contributed by atoms with Crippen LogP contribution in [0.2, 0.25) is 0 Å². The van der Waals surface area contributed by atoms with Crippen molar-refractivity contribution in [2.45, 2.75) is 77.4 Å². The van der Waals surface area contributed by atoms with E-state index in [1.54, 1.807) is 5.57 Å². The molecule has 0 aromatic carbocycles. The van der Waals surface area contributed by atoms with Crippen molar-refractivity contribution in [1.82, 2.24) is 0 Å². The highest BCUT2D eigenvalue weighted by Gasteiger charge is 2.46. The number of hydrogen-bond donors (Lipinski definition) is 0. The summed E-state index contributed by atoms with van der Waals surface area (Å²) in [5, 5.41) is 0. The van der Waals surface area contributed by atoms with Gasteiger partial charge in [0.2, 0.25) is 0 Å². The van der Waals surface area contributed by atoms with E-state index in [1.165, 1.54) is 57.9 Å². The Hall–Kier alpha value is -0.340. The van der Waals surface area contributed by atoms with Crippen molar-refractivity contribution >= 4 is 0 Å². The number of hydrogen-bond acceptors (Lipinski definition) is 1. The van der Waals surface area contributed by atoms with Gasteiger partial charge in [-0.3, -0.25) is 0 Å². The van der Waals surface area contributed by atoms with Crippen molar-refractivity contribution in [3.63, 3.8) is 0 Å². The van der Waals surface area contributed by atoms with Crippen LogP contribution in [0.4, 0.5) is 0 Å². The van der Waals surface area contributed by atoms with E-state index in [2.05, 4.69) is 35.0 Å². The van der Waals surface area contributed by atoms with Crippen LogP contribution in [0.5, 0.6) is 0 Å². The van der Waals surface area contributed by atoms with Crippen LogP contribution in [0.1, 0.15) is 65.2 Å². The smallest absolute Gasteiger partial charge is 0.0896 e. The normalized spacial score (nSPS) is 33.4. The highest BCUT2D eigenvalue weighted by atomic mass is 16.5. The Kier molecular flexibility index (Phi) is 4.46. The molecule has 2 nitrogen and oxygen atoms in total. The zero-order valence-electron chi connectivity index (χ0n) is 15.5. The topological polar surface area (TPSA) is 9.23 Å². The number of quaternary nitrogens is 1. The van der Waals surface area contributed by atoms with Gasteiger partial charge in [0.25, 0.3) is 0 Å². The maximum Gasteiger partial charge on any atom is 0.0896 e. The van der Waals surface area contributed by atoms with Gasteiger partial charge in [-0.15, -0.1) is 0 Å². The molecule has 0 bridgehead atoms. The van der Waals surface area contributed by atoms with Gasteiger partial charge >= 0.3 is 0 Å². The molecule has 0 unspecified atom stereocenters. The van der Waals surface area contributed by atoms with E-state index in [9.17, 15) is 0 Å². The summed E-state index contributed by atoms with van der Waals surface area (Å²) in [5.41, 5.74) is 3.77. The molecule has 0 radical (unpaired) electrons. The zero-order chi connectivity index (χ0) is 16.0. The molecule has 0 amide bonds. The van der Waals surface area contributed by atoms with E-state index in [4.69, 9.17) is 4.74 Å². The third kappa shape index (κ3) is 3.28. The highest BCUT2D eigenvalue weighted by molar-refractivity contribution is 5.29. The van der Waals surface area contributed by atoms with Crippen LogP contribution in [0, 0.1) is 11.3 Å². The summed E-state index contributed by atoms with van der Waals surface area (Å²) in [6.45, 7) is 6.04. The third-order valence-electron chi connectivity index (χ3n) is 5.92. The molecule has 0 saturated heterocycles. The lowest BCUT2D eigenvalue weighted by molar-refractivity contribution is -0.877. The van der Waals surface area contributed by atoms with Crippen molar-refractivity contribution in [3.8, 4) is 0 Å². The molecule has 2 aliphatic carbocycles. The molecule has 0 aromatic heterocycles. The van der Waals surface area contributed by atoms with Crippen LogP contribution in [0.3, 0.4) is 0 Å². The maximum atomic E-state index is 6.80. The van der Waals surface area contributed by atoms with Crippen LogP contribution < -0.4 is 0 Å². The lowest BCUT2D eigenvalue weighted by atomic mass is 9.68. The average Bonchev–Trinajstić information content (AvgIpc) is 2.44. The van der Waals surface area contributed by atoms with E-state index < -0.39 is 0 Å². The minimum absolute atomic E-state index is 0.221. The predicted molar refractivity (Wildman–Crippen MR) is 92.8 cm³/mol. The molecule has 1 heterocycles. The Balaban J connectivity index is 1.92. The first-order chi connectivity index (χ1) is 10.3. The average molecular weight is 307 g/mol. The van der Waals surface area contributed by atoms with Gasteiger partial charge in [-0.25, -0.2) is 0 Å². The predicted octanol–water partition coefficient (Wildman–Crippen LogP) is 4.55. The first-order valence-corrected chi connectivity index (χ1v) is 9.46. The van der Waals surface area contributed by atoms with Crippen LogP contribution in [-0.2, 0) is 4.74 Å². The van der Waals surface area contributed by atoms with Crippen molar-refractivity contribution in [2.24, 2.45) is 11.3 Å². The van der Waals surface area contributed by atoms with Crippen molar-refractivity contribution in [3.05, 3.63) is 11.1 Å². The van der Waals surface area contributed by atoms with Crippen LogP contribution in [0.25, 0.3) is 0 Å². The molecule has 0 spiro atoms. The van der Waals surface area contributed by atoms with Gasteiger partial charge in [0, 0.05) is 11.3 Å². The summed E-state index contributed by atoms with van der Waals surface area (Å²) in [5.74, 6) is 0.764. The number of ether oxygens (including phenoxy) is 1. The first kappa shape index (κ1) is 16.5. The maximum absolute atomic E-state index is 6.80. The fourth-order valence-corrected chi connectivity index (χ4v) is 5.55. The van der Waals surface area contributed by atoms with Gasteiger partial charge < -0.3 is 9.22 Å². The lowest BCUT2D eigenvalue weighted by Crippen LogP contribution is -2.52. The summed E-state index contributed by atoms with van der Waals surface area (Å²) in [6.07, 6.45) is 11.8. The lowest BCUT2D eigenvalue weighted by Gasteiger charge is -2.50. The van der Waals surface area contributed by atoms with Crippen molar-refractivity contribution in [1.29, 1.82) is 0 Å². The fourth-order valence-electron chi connectivity index (χ4n) is 5.55. The molecule has 22 heavy (non-hydrogen) atoms. The van der Waals surface area contributed by atoms with Gasteiger partial charge in [-0.2, -0.15) is 0 Å². The summed E-state index contributed by atoms with van der Waals surface area (Å²) >= 11 is 0. The summed E-state index contributed by atoms with van der Waals surface area (Å²) in [6, 6.07) is 0. The molecule has 0 aromatic rings. The molecule has 1 fully saturated rings. The van der Waals surface area contributed by atoms with Crippen molar-refractivity contribution in [2.75, 3.05) is 27.7 Å². The first-order valence-electron chi connectivity index (χ1n) is 9.46. The minimum atomic E-state index is 0.221. The molecule has 1 saturated carbocycles. The Labute approximate surface area is 137 Å². The summed E-state index contributed by atoms with van der Waals surface area (Å²) in [4.78, 5) is 0. The number of rotatable bonds is 3. The quantitative estimate of drug-likeness (QED) is 0.549. The highest BCUT2D eigenvalue weighted by Crippen LogP contribution is 2.49. The Morgan fingerprint density at radius 2 is 1.59 bits per heavy atom. The zero-order valence-corrected chi connectivity index (χ0v) is 15.5. The number of fused-ring (bicyclic) bond motifs is 2. The van der Waals surface area contributed by atoms with Crippen LogP contribution in [-0.4, -0.2) is 44.4 Å². The molecule has 3 atom stereocenters. The molecule has 1 aliphatic heterocycles. The molecule has 2 heteroatoms. The Bertz CT molecular complexity index is 443.